The minimum absolute atomic E-state index is 0.102. The highest BCUT2D eigenvalue weighted by Gasteiger charge is 2.10. The fourth-order valence-corrected chi connectivity index (χ4v) is 1.96. The van der Waals surface area contributed by atoms with Crippen LogP contribution in [-0.2, 0) is 0 Å². The zero-order chi connectivity index (χ0) is 12.6. The van der Waals surface area contributed by atoms with Crippen LogP contribution in [0.15, 0.2) is 24.4 Å². The Morgan fingerprint density at radius 3 is 2.59 bits per heavy atom. The van der Waals surface area contributed by atoms with Crippen molar-refractivity contribution in [1.82, 2.24) is 9.55 Å². The standard InChI is InChI=1S/C12H11ClN2O2/c1-7-6-15(8(2)14-7)9-3-4-10(12(16)17)11(13)5-9/h3-6H,1-2H3,(H,16,17). The van der Waals surface area contributed by atoms with Gasteiger partial charge in [0, 0.05) is 11.9 Å². The second kappa shape index (κ2) is 4.22. The van der Waals surface area contributed by atoms with Gasteiger partial charge in [-0.3, -0.25) is 0 Å². The molecule has 1 aromatic carbocycles. The van der Waals surface area contributed by atoms with E-state index in [-0.39, 0.29) is 10.6 Å². The Labute approximate surface area is 103 Å². The fraction of sp³-hybridized carbons (Fsp3) is 0.167. The lowest BCUT2D eigenvalue weighted by Gasteiger charge is -2.06. The Morgan fingerprint density at radius 2 is 2.12 bits per heavy atom. The number of carboxylic acids is 1. The van der Waals surface area contributed by atoms with Crippen molar-refractivity contribution in [2.75, 3.05) is 0 Å². The number of hydrogen-bond donors (Lipinski definition) is 1. The van der Waals surface area contributed by atoms with Crippen LogP contribution in [0.2, 0.25) is 5.02 Å². The normalized spacial score (nSPS) is 10.5. The number of nitrogens with zero attached hydrogens (tertiary/aromatic N) is 2. The lowest BCUT2D eigenvalue weighted by atomic mass is 10.2. The number of benzene rings is 1. The van der Waals surface area contributed by atoms with Crippen LogP contribution in [0.1, 0.15) is 21.9 Å². The summed E-state index contributed by atoms with van der Waals surface area (Å²) in [5.74, 6) is -0.193. The van der Waals surface area contributed by atoms with Crippen LogP contribution in [0.3, 0.4) is 0 Å². The summed E-state index contributed by atoms with van der Waals surface area (Å²) in [5.41, 5.74) is 1.81. The third-order valence-electron chi connectivity index (χ3n) is 2.46. The van der Waals surface area contributed by atoms with Crippen LogP contribution in [0.4, 0.5) is 0 Å². The first-order chi connectivity index (χ1) is 7.99. The molecule has 1 heterocycles. The average molecular weight is 251 g/mol. The van der Waals surface area contributed by atoms with E-state index in [2.05, 4.69) is 4.98 Å². The van der Waals surface area contributed by atoms with Gasteiger partial charge in [-0.05, 0) is 32.0 Å². The number of carboxylic acid groups (broad SMARTS) is 1. The number of aromatic carboxylic acids is 1. The lowest BCUT2D eigenvalue weighted by Crippen LogP contribution is -2.00. The minimum atomic E-state index is -1.03. The van der Waals surface area contributed by atoms with Gasteiger partial charge in [-0.2, -0.15) is 0 Å². The zero-order valence-electron chi connectivity index (χ0n) is 9.44. The molecule has 0 aliphatic rings. The number of imidazole rings is 1. The van der Waals surface area contributed by atoms with Crippen molar-refractivity contribution >= 4 is 17.6 Å². The summed E-state index contributed by atoms with van der Waals surface area (Å²) in [4.78, 5) is 15.1. The summed E-state index contributed by atoms with van der Waals surface area (Å²) in [6, 6.07) is 4.83. The summed E-state index contributed by atoms with van der Waals surface area (Å²) in [6.07, 6.45) is 1.88. The maximum Gasteiger partial charge on any atom is 0.337 e. The maximum absolute atomic E-state index is 10.8. The topological polar surface area (TPSA) is 55.1 Å². The molecule has 0 unspecified atom stereocenters. The van der Waals surface area contributed by atoms with Crippen LogP contribution >= 0.6 is 11.6 Å². The summed E-state index contributed by atoms with van der Waals surface area (Å²) < 4.78 is 1.87. The van der Waals surface area contributed by atoms with E-state index < -0.39 is 5.97 Å². The van der Waals surface area contributed by atoms with Crippen molar-refractivity contribution in [3.63, 3.8) is 0 Å². The number of aromatic nitrogens is 2. The first kappa shape index (κ1) is 11.7. The van der Waals surface area contributed by atoms with E-state index >= 15 is 0 Å². The Hall–Kier alpha value is -1.81. The summed E-state index contributed by atoms with van der Waals surface area (Å²) in [7, 11) is 0. The van der Waals surface area contributed by atoms with Gasteiger partial charge in [-0.15, -0.1) is 0 Å². The average Bonchev–Trinajstić information content (AvgIpc) is 2.57. The SMILES string of the molecule is Cc1cn(-c2ccc(C(=O)O)c(Cl)c2)c(C)n1. The molecule has 0 aliphatic heterocycles. The van der Waals surface area contributed by atoms with Crippen LogP contribution < -0.4 is 0 Å². The molecule has 2 aromatic rings. The molecule has 0 radical (unpaired) electrons. The van der Waals surface area contributed by atoms with Gasteiger partial charge in [0.1, 0.15) is 5.82 Å². The van der Waals surface area contributed by atoms with E-state index in [0.29, 0.717) is 0 Å². The lowest BCUT2D eigenvalue weighted by molar-refractivity contribution is 0.0697. The monoisotopic (exact) mass is 250 g/mol. The van der Waals surface area contributed by atoms with Crippen molar-refractivity contribution in [2.24, 2.45) is 0 Å². The molecular formula is C12H11ClN2O2. The van der Waals surface area contributed by atoms with E-state index in [4.69, 9.17) is 16.7 Å². The van der Waals surface area contributed by atoms with Crippen LogP contribution in [0.5, 0.6) is 0 Å². The highest BCUT2D eigenvalue weighted by Crippen LogP contribution is 2.21. The first-order valence-electron chi connectivity index (χ1n) is 5.05. The summed E-state index contributed by atoms with van der Waals surface area (Å²) in [5, 5.41) is 9.11. The zero-order valence-corrected chi connectivity index (χ0v) is 10.2. The minimum Gasteiger partial charge on any atom is -0.478 e. The molecule has 0 bridgehead atoms. The molecule has 4 nitrogen and oxygen atoms in total. The Morgan fingerprint density at radius 1 is 1.41 bits per heavy atom. The number of rotatable bonds is 2. The molecule has 0 amide bonds. The van der Waals surface area contributed by atoms with Gasteiger partial charge in [0.15, 0.2) is 0 Å². The number of aryl methyl sites for hydroxylation is 2. The molecule has 1 aromatic heterocycles. The molecule has 0 saturated carbocycles. The van der Waals surface area contributed by atoms with Gasteiger partial charge in [0.25, 0.3) is 0 Å². The molecule has 1 N–H and O–H groups in total. The fourth-order valence-electron chi connectivity index (χ4n) is 1.71. The predicted molar refractivity (Wildman–Crippen MR) is 65.0 cm³/mol. The van der Waals surface area contributed by atoms with Crippen molar-refractivity contribution in [1.29, 1.82) is 0 Å². The number of hydrogen-bond acceptors (Lipinski definition) is 2. The van der Waals surface area contributed by atoms with Gasteiger partial charge in [-0.25, -0.2) is 9.78 Å². The van der Waals surface area contributed by atoms with Crippen molar-refractivity contribution < 1.29 is 9.90 Å². The molecule has 0 fully saturated rings. The Balaban J connectivity index is 2.51. The van der Waals surface area contributed by atoms with E-state index in [1.165, 1.54) is 6.07 Å². The molecule has 5 heteroatoms. The molecule has 0 spiro atoms. The first-order valence-corrected chi connectivity index (χ1v) is 5.42. The largest absolute Gasteiger partial charge is 0.478 e. The molecule has 17 heavy (non-hydrogen) atoms. The Bertz CT molecular complexity index is 590. The van der Waals surface area contributed by atoms with Crippen molar-refractivity contribution in [3.8, 4) is 5.69 Å². The van der Waals surface area contributed by atoms with Gasteiger partial charge in [0.05, 0.1) is 16.3 Å². The molecule has 88 valence electrons. The molecule has 0 saturated heterocycles. The maximum atomic E-state index is 10.8. The summed E-state index contributed by atoms with van der Waals surface area (Å²) >= 11 is 5.92. The smallest absolute Gasteiger partial charge is 0.337 e. The van der Waals surface area contributed by atoms with E-state index in [1.807, 2.05) is 24.6 Å². The van der Waals surface area contributed by atoms with E-state index in [0.717, 1.165) is 17.2 Å². The summed E-state index contributed by atoms with van der Waals surface area (Å²) in [6.45, 7) is 3.78. The number of halogens is 1. The van der Waals surface area contributed by atoms with Gasteiger partial charge < -0.3 is 9.67 Å². The van der Waals surface area contributed by atoms with Crippen LogP contribution in [0, 0.1) is 13.8 Å². The molecule has 0 atom stereocenters. The molecule has 2 rings (SSSR count). The van der Waals surface area contributed by atoms with Crippen LogP contribution in [0.25, 0.3) is 5.69 Å². The predicted octanol–water partition coefficient (Wildman–Crippen LogP) is 2.84. The third kappa shape index (κ3) is 2.17. The molecular weight excluding hydrogens is 240 g/mol. The van der Waals surface area contributed by atoms with E-state index in [9.17, 15) is 4.79 Å². The Kier molecular flexibility index (Phi) is 2.90. The quantitative estimate of drug-likeness (QED) is 0.892. The van der Waals surface area contributed by atoms with Crippen molar-refractivity contribution in [2.45, 2.75) is 13.8 Å². The second-order valence-corrected chi connectivity index (χ2v) is 4.18. The van der Waals surface area contributed by atoms with Gasteiger partial charge in [0.2, 0.25) is 0 Å². The highest BCUT2D eigenvalue weighted by atomic mass is 35.5. The second-order valence-electron chi connectivity index (χ2n) is 3.77. The number of carbonyl (C=O) groups is 1. The molecule has 0 aliphatic carbocycles. The van der Waals surface area contributed by atoms with Gasteiger partial charge in [-0.1, -0.05) is 11.6 Å². The highest BCUT2D eigenvalue weighted by molar-refractivity contribution is 6.33. The third-order valence-corrected chi connectivity index (χ3v) is 2.78. The van der Waals surface area contributed by atoms with Crippen molar-refractivity contribution in [3.05, 3.63) is 46.5 Å². The van der Waals surface area contributed by atoms with Crippen LogP contribution in [-0.4, -0.2) is 20.6 Å². The van der Waals surface area contributed by atoms with E-state index in [1.54, 1.807) is 12.1 Å². The van der Waals surface area contributed by atoms with Gasteiger partial charge >= 0.3 is 5.97 Å².